The maximum absolute atomic E-state index is 13.6. The van der Waals surface area contributed by atoms with Crippen molar-refractivity contribution in [1.29, 1.82) is 0 Å². The Morgan fingerprint density at radius 1 is 1.09 bits per heavy atom. The lowest BCUT2D eigenvalue weighted by atomic mass is 9.88. The third kappa shape index (κ3) is 13.4. The first kappa shape index (κ1) is 42.9. The highest BCUT2D eigenvalue weighted by Crippen LogP contribution is 2.39. The van der Waals surface area contributed by atoms with Crippen molar-refractivity contribution in [2.24, 2.45) is 11.8 Å². The highest BCUT2D eigenvalue weighted by molar-refractivity contribution is 6.74. The molecular formula is C37H70O7Si2. The summed E-state index contributed by atoms with van der Waals surface area (Å²) in [6, 6.07) is 0. The summed E-state index contributed by atoms with van der Waals surface area (Å²) in [7, 11) is -4.03. The van der Waals surface area contributed by atoms with Crippen LogP contribution in [-0.4, -0.2) is 71.1 Å². The number of allylic oxidation sites excluding steroid dienone is 2. The predicted molar refractivity (Wildman–Crippen MR) is 196 cm³/mol. The van der Waals surface area contributed by atoms with Crippen molar-refractivity contribution in [2.45, 2.75) is 169 Å². The van der Waals surface area contributed by atoms with Gasteiger partial charge < -0.3 is 28.2 Å². The molecule has 0 aromatic rings. The highest BCUT2D eigenvalue weighted by atomic mass is 28.4. The van der Waals surface area contributed by atoms with Crippen LogP contribution in [-0.2, 0) is 27.9 Å². The minimum atomic E-state index is -2.21. The summed E-state index contributed by atoms with van der Waals surface area (Å²) >= 11 is 0. The van der Waals surface area contributed by atoms with Gasteiger partial charge in [-0.1, -0.05) is 85.8 Å². The minimum absolute atomic E-state index is 0.0261. The zero-order chi connectivity index (χ0) is 35.7. The van der Waals surface area contributed by atoms with E-state index in [1.165, 1.54) is 0 Å². The molecule has 0 radical (unpaired) electrons. The number of esters is 1. The van der Waals surface area contributed by atoms with Crippen LogP contribution in [0.25, 0.3) is 0 Å². The van der Waals surface area contributed by atoms with Gasteiger partial charge in [0, 0.05) is 19.1 Å². The smallest absolute Gasteiger partial charge is 0.308 e. The summed E-state index contributed by atoms with van der Waals surface area (Å²) < 4.78 is 31.4. The number of cyclic esters (lactones) is 1. The Balaban J connectivity index is 3.37. The van der Waals surface area contributed by atoms with Gasteiger partial charge in [-0.2, -0.15) is 0 Å². The zero-order valence-electron chi connectivity index (χ0n) is 32.3. The van der Waals surface area contributed by atoms with Crippen LogP contribution < -0.4 is 0 Å². The fraction of sp³-hybridized carbons (Fsp3) is 0.811. The second kappa shape index (κ2) is 17.5. The Kier molecular flexibility index (Phi) is 16.4. The van der Waals surface area contributed by atoms with E-state index < -0.39 is 40.7 Å². The molecule has 0 fully saturated rings. The number of carbonyl (C=O) groups is 1. The molecule has 1 N–H and O–H groups in total. The highest BCUT2D eigenvalue weighted by Gasteiger charge is 2.42. The Hall–Kier alpha value is -1.08. The van der Waals surface area contributed by atoms with Crippen molar-refractivity contribution in [1.82, 2.24) is 0 Å². The molecule has 0 aliphatic carbocycles. The van der Waals surface area contributed by atoms with E-state index in [1.54, 1.807) is 6.08 Å². The Labute approximate surface area is 284 Å². The van der Waals surface area contributed by atoms with Gasteiger partial charge in [-0.25, -0.2) is 0 Å². The average Bonchev–Trinajstić information content (AvgIpc) is 2.90. The van der Waals surface area contributed by atoms with Gasteiger partial charge in [-0.15, -0.1) is 0 Å². The summed E-state index contributed by atoms with van der Waals surface area (Å²) in [5.41, 5.74) is -0.00836. The summed E-state index contributed by atoms with van der Waals surface area (Å²) in [4.78, 5) is 13.6. The normalized spacial score (nSPS) is 28.7. The van der Waals surface area contributed by atoms with Gasteiger partial charge in [0.25, 0.3) is 0 Å². The molecular weight excluding hydrogens is 613 g/mol. The van der Waals surface area contributed by atoms with Crippen LogP contribution in [0.5, 0.6) is 0 Å². The molecule has 0 bridgehead atoms. The van der Waals surface area contributed by atoms with Crippen LogP contribution in [0.15, 0.2) is 36.0 Å². The van der Waals surface area contributed by atoms with E-state index >= 15 is 0 Å². The van der Waals surface area contributed by atoms with Gasteiger partial charge in [-0.3, -0.25) is 4.79 Å². The quantitative estimate of drug-likeness (QED) is 0.0722. The molecule has 0 saturated carbocycles. The molecule has 0 aromatic heterocycles. The van der Waals surface area contributed by atoms with Gasteiger partial charge in [0.1, 0.15) is 12.2 Å². The molecule has 0 spiro atoms. The molecule has 7 atom stereocenters. The van der Waals surface area contributed by atoms with Crippen molar-refractivity contribution < 1.29 is 33.0 Å². The van der Waals surface area contributed by atoms with E-state index in [0.29, 0.717) is 26.1 Å². The van der Waals surface area contributed by atoms with Gasteiger partial charge in [0.15, 0.2) is 22.9 Å². The molecule has 7 nitrogen and oxygen atoms in total. The van der Waals surface area contributed by atoms with Crippen molar-refractivity contribution in [3.8, 4) is 0 Å². The third-order valence-electron chi connectivity index (χ3n) is 10.2. The van der Waals surface area contributed by atoms with Crippen molar-refractivity contribution in [2.75, 3.05) is 13.2 Å². The number of rotatable bonds is 12. The van der Waals surface area contributed by atoms with Crippen LogP contribution in [0, 0.1) is 11.8 Å². The van der Waals surface area contributed by atoms with Gasteiger partial charge >= 0.3 is 5.97 Å². The van der Waals surface area contributed by atoms with Crippen LogP contribution >= 0.6 is 0 Å². The van der Waals surface area contributed by atoms with E-state index in [4.69, 9.17) is 23.1 Å². The standard InChI is InChI=1S/C37H70O7Si2/c1-17-40-30(5)43-37(12)24-23-31(44-46(15,16)36(9,10)11)25-33(39)42-34(29(4)21-22-32(37)38)28(3)20-18-19-27(2)26-41-45(13,14)35(6,7)8/h18-22,27,29-32,34,38H,17,23-26H2,1-16H3/b19-18+,22-21+,28-20+/t27-,29+,30?,31-,32+,34-,37-/m1/s1. The first-order valence-electron chi connectivity index (χ1n) is 17.4. The Morgan fingerprint density at radius 2 is 1.67 bits per heavy atom. The van der Waals surface area contributed by atoms with E-state index in [9.17, 15) is 9.90 Å². The summed E-state index contributed by atoms with van der Waals surface area (Å²) in [5, 5.41) is 11.6. The molecule has 1 rings (SSSR count). The van der Waals surface area contributed by atoms with Gasteiger partial charge in [0.2, 0.25) is 0 Å². The fourth-order valence-corrected chi connectivity index (χ4v) is 7.35. The Bertz CT molecular complexity index is 1040. The lowest BCUT2D eigenvalue weighted by Crippen LogP contribution is -2.47. The maximum Gasteiger partial charge on any atom is 0.308 e. The zero-order valence-corrected chi connectivity index (χ0v) is 34.3. The van der Waals surface area contributed by atoms with Crippen molar-refractivity contribution in [3.05, 3.63) is 36.0 Å². The maximum atomic E-state index is 13.6. The molecule has 0 saturated heterocycles. The lowest BCUT2D eigenvalue weighted by Gasteiger charge is -2.41. The third-order valence-corrected chi connectivity index (χ3v) is 19.2. The van der Waals surface area contributed by atoms with E-state index in [2.05, 4.69) is 80.7 Å². The molecule has 9 heteroatoms. The molecule has 1 unspecified atom stereocenters. The number of aliphatic hydroxyl groups is 1. The predicted octanol–water partition coefficient (Wildman–Crippen LogP) is 9.34. The summed E-state index contributed by atoms with van der Waals surface area (Å²) in [5.74, 6) is -0.224. The van der Waals surface area contributed by atoms with Crippen LogP contribution in [0.4, 0.5) is 0 Å². The minimum Gasteiger partial charge on any atom is -0.457 e. The van der Waals surface area contributed by atoms with E-state index in [1.807, 2.05) is 52.8 Å². The number of hydrogen-bond donors (Lipinski definition) is 1. The van der Waals surface area contributed by atoms with E-state index in [-0.39, 0.29) is 40.4 Å². The van der Waals surface area contributed by atoms with Crippen LogP contribution in [0.1, 0.15) is 102 Å². The lowest BCUT2D eigenvalue weighted by molar-refractivity contribution is -0.221. The van der Waals surface area contributed by atoms with Crippen molar-refractivity contribution in [3.63, 3.8) is 0 Å². The summed E-state index contributed by atoms with van der Waals surface area (Å²) in [6.07, 6.45) is 8.81. The molecule has 0 amide bonds. The number of ether oxygens (including phenoxy) is 3. The number of hydrogen-bond acceptors (Lipinski definition) is 7. The monoisotopic (exact) mass is 682 g/mol. The summed E-state index contributed by atoms with van der Waals surface area (Å²) in [6.45, 7) is 35.3. The van der Waals surface area contributed by atoms with Crippen molar-refractivity contribution >= 4 is 22.6 Å². The molecule has 1 heterocycles. The number of carbonyl (C=O) groups excluding carboxylic acids is 1. The van der Waals surface area contributed by atoms with Gasteiger partial charge in [-0.05, 0) is 88.3 Å². The van der Waals surface area contributed by atoms with Gasteiger partial charge in [0.05, 0.1) is 18.1 Å². The van der Waals surface area contributed by atoms with E-state index in [0.717, 1.165) is 5.57 Å². The second-order valence-electron chi connectivity index (χ2n) is 16.6. The molecule has 1 aliphatic rings. The topological polar surface area (TPSA) is 83.5 Å². The fourth-order valence-electron chi connectivity index (χ4n) is 4.85. The Morgan fingerprint density at radius 3 is 2.22 bits per heavy atom. The molecule has 268 valence electrons. The first-order chi connectivity index (χ1) is 20.8. The number of aliphatic hydroxyl groups excluding tert-OH is 1. The van der Waals surface area contributed by atoms with Crippen LogP contribution in [0.2, 0.25) is 36.3 Å². The molecule has 46 heavy (non-hydrogen) atoms. The SMILES string of the molecule is CCOC(C)O[C@]1(C)CC[C@@H](O[Si](C)(C)C(C)(C)C)CC(=O)O[C@H](/C(C)=C/C=C/[C@@H](C)CO[Si](C)(C)C(C)(C)C)[C@@H](C)/C=C/[C@@H]1O. The van der Waals surface area contributed by atoms with Crippen LogP contribution in [0.3, 0.4) is 0 Å². The average molecular weight is 683 g/mol. The largest absolute Gasteiger partial charge is 0.457 e. The molecule has 1 aliphatic heterocycles. The molecule has 0 aromatic carbocycles. The second-order valence-corrected chi connectivity index (χ2v) is 26.2. The first-order valence-corrected chi connectivity index (χ1v) is 23.2.